The van der Waals surface area contributed by atoms with Gasteiger partial charge in [0.2, 0.25) is 0 Å². The average molecular weight is 372 g/mol. The Bertz CT molecular complexity index is 657. The number of amides is 1. The van der Waals surface area contributed by atoms with Crippen molar-refractivity contribution in [1.29, 1.82) is 0 Å². The number of nitrogens with zero attached hydrogens (tertiary/aromatic N) is 2. The van der Waals surface area contributed by atoms with Crippen molar-refractivity contribution in [3.63, 3.8) is 0 Å². The maximum Gasteiger partial charge on any atom is 0.494 e. The Morgan fingerprint density at radius 3 is 2.11 bits per heavy atom. The monoisotopic (exact) mass is 372 g/mol. The molecule has 0 atom stereocenters. The van der Waals surface area contributed by atoms with E-state index in [1.165, 1.54) is 0 Å². The van der Waals surface area contributed by atoms with E-state index >= 15 is 0 Å². The summed E-state index contributed by atoms with van der Waals surface area (Å²) in [7, 11) is -0.392. The summed E-state index contributed by atoms with van der Waals surface area (Å²) >= 11 is 0. The van der Waals surface area contributed by atoms with Crippen LogP contribution in [0.5, 0.6) is 0 Å². The van der Waals surface area contributed by atoms with Gasteiger partial charge in [0, 0.05) is 37.8 Å². The van der Waals surface area contributed by atoms with Gasteiger partial charge in [0.05, 0.1) is 11.2 Å². The fraction of sp³-hybridized carbons (Fsp3) is 0.667. The molecule has 2 fully saturated rings. The zero-order chi connectivity index (χ0) is 19.8. The van der Waals surface area contributed by atoms with Crippen LogP contribution in [0.3, 0.4) is 0 Å². The van der Waals surface area contributed by atoms with Crippen LogP contribution in [-0.4, -0.2) is 66.2 Å². The van der Waals surface area contributed by atoms with Crippen LogP contribution in [-0.2, 0) is 9.31 Å². The van der Waals surface area contributed by atoms with Crippen LogP contribution in [0.4, 0.5) is 0 Å². The Balaban J connectivity index is 1.66. The number of carbonyl (C=O) groups excluding carboxylic acids is 1. The maximum absolute atomic E-state index is 12.9. The van der Waals surface area contributed by atoms with Crippen molar-refractivity contribution in [2.45, 2.75) is 65.2 Å². The molecule has 1 aromatic rings. The van der Waals surface area contributed by atoms with E-state index in [4.69, 9.17) is 9.31 Å². The molecule has 0 bridgehead atoms. The van der Waals surface area contributed by atoms with Crippen molar-refractivity contribution in [3.8, 4) is 0 Å². The van der Waals surface area contributed by atoms with Crippen LogP contribution >= 0.6 is 0 Å². The number of carbonyl (C=O) groups is 1. The average Bonchev–Trinajstić information content (AvgIpc) is 2.78. The second-order valence-corrected chi connectivity index (χ2v) is 8.99. The largest absolute Gasteiger partial charge is 0.494 e. The first-order valence-electron chi connectivity index (χ1n) is 10.1. The summed E-state index contributed by atoms with van der Waals surface area (Å²) < 4.78 is 12.2. The lowest BCUT2D eigenvalue weighted by atomic mass is 9.79. The van der Waals surface area contributed by atoms with Gasteiger partial charge in [-0.2, -0.15) is 0 Å². The minimum Gasteiger partial charge on any atom is -0.399 e. The zero-order valence-corrected chi connectivity index (χ0v) is 17.6. The van der Waals surface area contributed by atoms with Gasteiger partial charge in [-0.25, -0.2) is 0 Å². The Hall–Kier alpha value is -1.37. The van der Waals surface area contributed by atoms with Crippen LogP contribution in [0.25, 0.3) is 0 Å². The highest BCUT2D eigenvalue weighted by atomic mass is 16.7. The van der Waals surface area contributed by atoms with Gasteiger partial charge in [0.1, 0.15) is 0 Å². The molecule has 0 spiro atoms. The molecule has 0 unspecified atom stereocenters. The first-order valence-corrected chi connectivity index (χ1v) is 10.1. The lowest BCUT2D eigenvalue weighted by Crippen LogP contribution is -2.41. The Labute approximate surface area is 164 Å². The molecule has 2 heterocycles. The van der Waals surface area contributed by atoms with Crippen LogP contribution in [0.2, 0.25) is 0 Å². The van der Waals surface area contributed by atoms with E-state index in [2.05, 4.69) is 18.7 Å². The van der Waals surface area contributed by atoms with E-state index in [-0.39, 0.29) is 17.1 Å². The molecular weight excluding hydrogens is 339 g/mol. The minimum absolute atomic E-state index is 0.112. The number of hydrogen-bond acceptors (Lipinski definition) is 4. The predicted octanol–water partition coefficient (Wildman–Crippen LogP) is 2.54. The predicted molar refractivity (Wildman–Crippen MR) is 109 cm³/mol. The van der Waals surface area contributed by atoms with Gasteiger partial charge >= 0.3 is 7.12 Å². The van der Waals surface area contributed by atoms with Gasteiger partial charge in [-0.15, -0.1) is 0 Å². The summed E-state index contributed by atoms with van der Waals surface area (Å²) in [6.07, 6.45) is 1.02. The molecule has 0 saturated carbocycles. The molecule has 1 aromatic carbocycles. The molecule has 5 nitrogen and oxygen atoms in total. The van der Waals surface area contributed by atoms with Gasteiger partial charge in [-0.1, -0.05) is 12.1 Å². The van der Waals surface area contributed by atoms with Crippen molar-refractivity contribution in [1.82, 2.24) is 9.80 Å². The number of rotatable bonds is 3. The summed E-state index contributed by atoms with van der Waals surface area (Å²) in [5, 5.41) is 0. The van der Waals surface area contributed by atoms with Gasteiger partial charge in [-0.05, 0) is 65.6 Å². The highest BCUT2D eigenvalue weighted by Gasteiger charge is 2.51. The molecule has 0 aromatic heterocycles. The quantitative estimate of drug-likeness (QED) is 0.765. The van der Waals surface area contributed by atoms with Crippen molar-refractivity contribution >= 4 is 18.5 Å². The zero-order valence-electron chi connectivity index (χ0n) is 17.6. The van der Waals surface area contributed by atoms with E-state index in [9.17, 15) is 4.79 Å². The van der Waals surface area contributed by atoms with Crippen molar-refractivity contribution in [3.05, 3.63) is 29.8 Å². The molecule has 1 amide bonds. The van der Waals surface area contributed by atoms with Gasteiger partial charge in [-0.3, -0.25) is 9.69 Å². The highest BCUT2D eigenvalue weighted by molar-refractivity contribution is 6.62. The second kappa shape index (κ2) is 7.57. The fourth-order valence-electron chi connectivity index (χ4n) is 3.60. The molecule has 27 heavy (non-hydrogen) atoms. The third-order valence-electron chi connectivity index (χ3n) is 6.23. The van der Waals surface area contributed by atoms with Crippen LogP contribution in [0.15, 0.2) is 24.3 Å². The van der Waals surface area contributed by atoms with E-state index in [1.807, 2.05) is 56.9 Å². The maximum atomic E-state index is 12.9. The van der Waals surface area contributed by atoms with Crippen molar-refractivity contribution < 1.29 is 14.1 Å². The van der Waals surface area contributed by atoms with E-state index in [0.717, 1.165) is 43.6 Å². The van der Waals surface area contributed by atoms with E-state index < -0.39 is 7.12 Å². The second-order valence-electron chi connectivity index (χ2n) is 8.99. The van der Waals surface area contributed by atoms with Gasteiger partial charge in [0.15, 0.2) is 0 Å². The SMILES string of the molecule is CC(C)N1CCCN(C(=O)c2ccc(B3OC(C)(C)C(C)(C)O3)cc2)CC1. The number of benzene rings is 1. The smallest absolute Gasteiger partial charge is 0.399 e. The van der Waals surface area contributed by atoms with E-state index in [0.29, 0.717) is 6.04 Å². The first-order chi connectivity index (χ1) is 12.6. The summed E-state index contributed by atoms with van der Waals surface area (Å²) in [5.41, 5.74) is 0.960. The van der Waals surface area contributed by atoms with Gasteiger partial charge in [0.25, 0.3) is 5.91 Å². The summed E-state index contributed by atoms with van der Waals surface area (Å²) in [6, 6.07) is 8.22. The lowest BCUT2D eigenvalue weighted by molar-refractivity contribution is 0.00578. The lowest BCUT2D eigenvalue weighted by Gasteiger charge is -2.32. The first kappa shape index (κ1) is 20.4. The topological polar surface area (TPSA) is 42.0 Å². The van der Waals surface area contributed by atoms with Crippen LogP contribution in [0.1, 0.15) is 58.3 Å². The molecule has 148 valence electrons. The summed E-state index contributed by atoms with van der Waals surface area (Å²) in [5.74, 6) is 0.112. The summed E-state index contributed by atoms with van der Waals surface area (Å²) in [6.45, 7) is 16.2. The molecule has 2 aliphatic rings. The molecule has 2 saturated heterocycles. The third kappa shape index (κ3) is 4.23. The van der Waals surface area contributed by atoms with Gasteiger partial charge < -0.3 is 14.2 Å². The Morgan fingerprint density at radius 1 is 0.963 bits per heavy atom. The minimum atomic E-state index is -0.392. The summed E-state index contributed by atoms with van der Waals surface area (Å²) in [4.78, 5) is 17.3. The Kier molecular flexibility index (Phi) is 5.71. The molecule has 2 aliphatic heterocycles. The third-order valence-corrected chi connectivity index (χ3v) is 6.23. The molecule has 0 aliphatic carbocycles. The Morgan fingerprint density at radius 2 is 1.56 bits per heavy atom. The molecule has 0 N–H and O–H groups in total. The highest BCUT2D eigenvalue weighted by Crippen LogP contribution is 2.36. The van der Waals surface area contributed by atoms with Crippen molar-refractivity contribution in [2.24, 2.45) is 0 Å². The molecule has 3 rings (SSSR count). The van der Waals surface area contributed by atoms with Crippen LogP contribution < -0.4 is 5.46 Å². The van der Waals surface area contributed by atoms with Crippen molar-refractivity contribution in [2.75, 3.05) is 26.2 Å². The van der Waals surface area contributed by atoms with E-state index in [1.54, 1.807) is 0 Å². The molecule has 0 radical (unpaired) electrons. The normalized spacial score (nSPS) is 22.9. The standard InChI is InChI=1S/C21H33BN2O3/c1-16(2)23-12-7-13-24(15-14-23)19(25)17-8-10-18(11-9-17)22-26-20(3,4)21(5,6)27-22/h8-11,16H,7,12-15H2,1-6H3. The number of hydrogen-bond donors (Lipinski definition) is 0. The molecule has 6 heteroatoms. The molecular formula is C21H33BN2O3. The fourth-order valence-corrected chi connectivity index (χ4v) is 3.60. The van der Waals surface area contributed by atoms with Crippen LogP contribution in [0, 0.1) is 0 Å².